The van der Waals surface area contributed by atoms with Crippen LogP contribution in [0.5, 0.6) is 0 Å². The first kappa shape index (κ1) is 406. The molecule has 0 aromatic carbocycles. The molecule has 2 radical (unpaired) electrons. The predicted molar refractivity (Wildman–Crippen MR) is 101 cm³/mol. The molecule has 0 saturated heterocycles. The standard InChI is InChI=1S/C2H5.14CH3.5Y/c1-2;;;;;;;;;;;;;;;;;;;/h1H2,2H3;14*1H3;;;;;/q15*-1;;;3*+3. The van der Waals surface area contributed by atoms with Gasteiger partial charge in [0.1, 0.15) is 0 Å². The minimum Gasteiger partial charge on any atom is -0.358 e. The quantitative estimate of drug-likeness (QED) is 0.239. The van der Waals surface area contributed by atoms with E-state index < -0.39 is 0 Å². The van der Waals surface area contributed by atoms with Crippen LogP contribution in [-0.2, 0) is 164 Å². The molecule has 0 unspecified atom stereocenters. The van der Waals surface area contributed by atoms with Crippen molar-refractivity contribution in [3.8, 4) is 0 Å². The van der Waals surface area contributed by atoms with Gasteiger partial charge in [0, 0.05) is 65.4 Å². The molecule has 0 amide bonds. The Balaban J connectivity index is -0.0000000000292. The number of hydrogen-bond acceptors (Lipinski definition) is 0. The normalized spacial score (nSPS) is 0.286. The summed E-state index contributed by atoms with van der Waals surface area (Å²) in [6.45, 7) is 5.00. The van der Waals surface area contributed by atoms with Gasteiger partial charge in [0.2, 0.25) is 0 Å². The van der Waals surface area contributed by atoms with Crippen molar-refractivity contribution in [3.05, 3.63) is 111 Å². The maximum atomic E-state index is 3.25. The Morgan fingerprint density at radius 1 is 0.286 bits per heavy atom. The fourth-order valence-electron chi connectivity index (χ4n) is 0. The van der Waals surface area contributed by atoms with Crippen LogP contribution in [0.3, 0.4) is 0 Å². The van der Waals surface area contributed by atoms with Crippen LogP contribution < -0.4 is 0 Å². The third-order valence-corrected chi connectivity index (χ3v) is 0. The monoisotopic (exact) mass is 684 g/mol. The van der Waals surface area contributed by atoms with E-state index in [0.29, 0.717) is 0 Å². The summed E-state index contributed by atoms with van der Waals surface area (Å²) in [5.74, 6) is 0. The Hall–Kier alpha value is 5.52. The number of rotatable bonds is 0. The first-order valence-electron chi connectivity index (χ1n) is 0.707. The molecule has 0 aliphatic heterocycles. The second-order valence-corrected chi connectivity index (χ2v) is 0. The topological polar surface area (TPSA) is 0 Å². The molecule has 0 aromatic heterocycles. The fraction of sp³-hybridized carbons (Fsp3) is 0.0625. The van der Waals surface area contributed by atoms with Crippen molar-refractivity contribution in [2.75, 3.05) is 0 Å². The van der Waals surface area contributed by atoms with E-state index in [1.165, 1.54) is 0 Å². The molecule has 0 atom stereocenters. The van der Waals surface area contributed by atoms with Gasteiger partial charge in [-0.1, -0.05) is 0 Å². The van der Waals surface area contributed by atoms with Gasteiger partial charge in [-0.3, -0.25) is 0 Å². The third-order valence-electron chi connectivity index (χ3n) is 0. The van der Waals surface area contributed by atoms with Crippen molar-refractivity contribution < 1.29 is 164 Å². The molecule has 0 aliphatic carbocycles. The van der Waals surface area contributed by atoms with E-state index in [4.69, 9.17) is 0 Å². The van der Waals surface area contributed by atoms with Crippen molar-refractivity contribution >= 4 is 0 Å². The van der Waals surface area contributed by atoms with Crippen molar-refractivity contribution in [3.63, 3.8) is 0 Å². The van der Waals surface area contributed by atoms with Crippen LogP contribution in [0, 0.1) is 111 Å². The Labute approximate surface area is 275 Å². The number of hydrogen-bond donors (Lipinski definition) is 0. The summed E-state index contributed by atoms with van der Waals surface area (Å²) in [5.41, 5.74) is 0. The summed E-state index contributed by atoms with van der Waals surface area (Å²) in [6.07, 6.45) is 0. The first-order chi connectivity index (χ1) is 1.00. The van der Waals surface area contributed by atoms with Gasteiger partial charge in [0.25, 0.3) is 0 Å². The van der Waals surface area contributed by atoms with Crippen molar-refractivity contribution in [1.82, 2.24) is 0 Å². The average molecular weight is 684 g/mol. The molecule has 0 bridgehead atoms. The molecule has 132 valence electrons. The molecule has 21 heavy (non-hydrogen) atoms. The van der Waals surface area contributed by atoms with Crippen LogP contribution in [-0.4, -0.2) is 0 Å². The maximum Gasteiger partial charge on any atom is 3.00 e. The van der Waals surface area contributed by atoms with Gasteiger partial charge in [-0.25, -0.2) is 0 Å². The predicted octanol–water partition coefficient (Wildman–Crippen LogP) is 7.13. The minimum absolute atomic E-state index is 0. The van der Waals surface area contributed by atoms with Gasteiger partial charge in [0.05, 0.1) is 0 Å². The first-order valence-corrected chi connectivity index (χ1v) is 0.707. The Kier molecular flexibility index (Phi) is 9740. The van der Waals surface area contributed by atoms with Gasteiger partial charge in [-0.05, 0) is 0 Å². The van der Waals surface area contributed by atoms with Gasteiger partial charge < -0.3 is 111 Å². The zero-order valence-corrected chi connectivity index (χ0v) is 32.8. The largest absolute Gasteiger partial charge is 3.00 e. The van der Waals surface area contributed by atoms with E-state index >= 15 is 0 Å². The molecule has 0 N–H and O–H groups in total. The van der Waals surface area contributed by atoms with Crippen LogP contribution >= 0.6 is 0 Å². The van der Waals surface area contributed by atoms with E-state index in [1.54, 1.807) is 6.92 Å². The molecule has 0 spiro atoms. The summed E-state index contributed by atoms with van der Waals surface area (Å²) < 4.78 is 0. The van der Waals surface area contributed by atoms with E-state index in [2.05, 4.69) is 6.92 Å². The van der Waals surface area contributed by atoms with Crippen LogP contribution in [0.2, 0.25) is 0 Å². The molecule has 0 heterocycles. The summed E-state index contributed by atoms with van der Waals surface area (Å²) >= 11 is 0. The van der Waals surface area contributed by atoms with Gasteiger partial charge in [0.15, 0.2) is 0 Å². The third kappa shape index (κ3) is 463. The van der Waals surface area contributed by atoms with Crippen molar-refractivity contribution in [2.45, 2.75) is 6.92 Å². The summed E-state index contributed by atoms with van der Waals surface area (Å²) in [7, 11) is 0. The van der Waals surface area contributed by atoms with Crippen LogP contribution in [0.15, 0.2) is 0 Å². The molecular formula is C16H47Y5-6. The molecule has 0 aromatic rings. The van der Waals surface area contributed by atoms with Crippen molar-refractivity contribution in [2.24, 2.45) is 0 Å². The van der Waals surface area contributed by atoms with E-state index in [0.717, 1.165) is 0 Å². The van der Waals surface area contributed by atoms with E-state index in [9.17, 15) is 0 Å². The van der Waals surface area contributed by atoms with Crippen molar-refractivity contribution in [1.29, 1.82) is 0 Å². The SMILES string of the molecule is [CH2-]C.[CH3-].[CH3-].[CH3-].[CH3-].[CH3-].[CH3-].[CH3-].[CH3-].[CH3-].[CH3-].[CH3-].[CH3-].[CH3-].[CH3-].[Y+3].[Y+3].[Y+3].[Y].[Y]. The summed E-state index contributed by atoms with van der Waals surface area (Å²) in [4.78, 5) is 0. The molecular weight excluding hydrogens is 637 g/mol. The molecule has 0 saturated carbocycles. The molecule has 5 heteroatoms. The van der Waals surface area contributed by atoms with Crippen LogP contribution in [0.1, 0.15) is 6.92 Å². The average Bonchev–Trinajstić information content (AvgIpc) is 1.00. The summed E-state index contributed by atoms with van der Waals surface area (Å²) in [5, 5.41) is 0. The smallest absolute Gasteiger partial charge is 0.358 e. The van der Waals surface area contributed by atoms with Crippen LogP contribution in [0.25, 0.3) is 0 Å². The maximum absolute atomic E-state index is 3.25. The Morgan fingerprint density at radius 3 is 0.286 bits per heavy atom. The fourth-order valence-corrected chi connectivity index (χ4v) is 0. The second-order valence-electron chi connectivity index (χ2n) is 0. The molecule has 0 nitrogen and oxygen atoms in total. The van der Waals surface area contributed by atoms with E-state index in [1.807, 2.05) is 0 Å². The van der Waals surface area contributed by atoms with Gasteiger partial charge in [-0.15, -0.1) is 0 Å². The summed E-state index contributed by atoms with van der Waals surface area (Å²) in [6, 6.07) is 0. The molecule has 0 rings (SSSR count). The molecule has 0 aliphatic rings. The van der Waals surface area contributed by atoms with Crippen LogP contribution in [0.4, 0.5) is 0 Å². The van der Waals surface area contributed by atoms with Gasteiger partial charge in [-0.2, -0.15) is 6.92 Å². The Bertz CT molecular complexity index is 16.6. The Morgan fingerprint density at radius 2 is 0.286 bits per heavy atom. The minimum atomic E-state index is 0. The zero-order valence-electron chi connectivity index (χ0n) is 18.6. The zero-order chi connectivity index (χ0) is 2.00. The molecule has 0 fully saturated rings. The second kappa shape index (κ2) is 504. The van der Waals surface area contributed by atoms with Gasteiger partial charge >= 0.3 is 98.1 Å². The van der Waals surface area contributed by atoms with E-state index in [-0.39, 0.29) is 268 Å².